The van der Waals surface area contributed by atoms with Crippen molar-refractivity contribution in [3.8, 4) is 17.0 Å². The number of benzene rings is 2. The number of para-hydroxylation sites is 1. The molecule has 0 atom stereocenters. The average Bonchev–Trinajstić information content (AvgIpc) is 2.89. The van der Waals surface area contributed by atoms with E-state index in [9.17, 15) is 0 Å². The summed E-state index contributed by atoms with van der Waals surface area (Å²) in [4.78, 5) is 0. The lowest BCUT2D eigenvalue weighted by Crippen LogP contribution is -2.11. The van der Waals surface area contributed by atoms with E-state index in [1.165, 1.54) is 5.56 Å². The van der Waals surface area contributed by atoms with E-state index in [1.54, 1.807) is 7.11 Å². The fourth-order valence-electron chi connectivity index (χ4n) is 2.53. The van der Waals surface area contributed by atoms with Crippen LogP contribution in [-0.4, -0.2) is 17.3 Å². The molecule has 0 unspecified atom stereocenters. The molecule has 0 spiro atoms. The van der Waals surface area contributed by atoms with E-state index in [4.69, 9.17) is 4.74 Å². The van der Waals surface area contributed by atoms with Gasteiger partial charge in [0, 0.05) is 10.9 Å². The Kier molecular flexibility index (Phi) is 3.20. The number of nitrogens with one attached hydrogen (secondary N) is 1. The Bertz CT molecular complexity index is 781. The second kappa shape index (κ2) is 4.92. The van der Waals surface area contributed by atoms with Gasteiger partial charge in [0.15, 0.2) is 0 Å². The lowest BCUT2D eigenvalue weighted by molar-refractivity contribution is 0.415. The van der Waals surface area contributed by atoms with Gasteiger partial charge in [-0.25, -0.2) is 0 Å². The number of H-pyrrole nitrogens is 1. The quantitative estimate of drug-likeness (QED) is 0.748. The van der Waals surface area contributed by atoms with Crippen LogP contribution in [-0.2, 0) is 5.41 Å². The van der Waals surface area contributed by atoms with Gasteiger partial charge in [0.2, 0.25) is 0 Å². The molecular formula is C18H20N2O. The van der Waals surface area contributed by atoms with Gasteiger partial charge in [-0.15, -0.1) is 0 Å². The monoisotopic (exact) mass is 280 g/mol. The molecule has 3 nitrogen and oxygen atoms in total. The van der Waals surface area contributed by atoms with Crippen molar-refractivity contribution in [3.05, 3.63) is 48.0 Å². The van der Waals surface area contributed by atoms with Gasteiger partial charge in [-0.2, -0.15) is 5.10 Å². The Labute approximate surface area is 125 Å². The number of methoxy groups -OCH3 is 1. The second-order valence-corrected chi connectivity index (χ2v) is 6.28. The number of ether oxygens (including phenoxy) is 1. The summed E-state index contributed by atoms with van der Waals surface area (Å²) in [7, 11) is 1.70. The highest BCUT2D eigenvalue weighted by Crippen LogP contribution is 2.36. The van der Waals surface area contributed by atoms with Crippen molar-refractivity contribution in [1.29, 1.82) is 0 Å². The van der Waals surface area contributed by atoms with Gasteiger partial charge in [-0.05, 0) is 29.2 Å². The van der Waals surface area contributed by atoms with E-state index in [2.05, 4.69) is 49.2 Å². The van der Waals surface area contributed by atoms with E-state index in [-0.39, 0.29) is 5.41 Å². The molecule has 0 saturated carbocycles. The second-order valence-electron chi connectivity index (χ2n) is 6.28. The van der Waals surface area contributed by atoms with Crippen molar-refractivity contribution in [2.45, 2.75) is 26.2 Å². The summed E-state index contributed by atoms with van der Waals surface area (Å²) < 4.78 is 5.53. The van der Waals surface area contributed by atoms with Crippen LogP contribution >= 0.6 is 0 Å². The van der Waals surface area contributed by atoms with Crippen LogP contribution in [0, 0.1) is 0 Å². The third-order valence-corrected chi connectivity index (χ3v) is 3.79. The minimum atomic E-state index is 0.0904. The highest BCUT2D eigenvalue weighted by molar-refractivity contribution is 5.94. The molecule has 21 heavy (non-hydrogen) atoms. The Morgan fingerprint density at radius 1 is 1.05 bits per heavy atom. The minimum Gasteiger partial charge on any atom is -0.496 e. The number of aromatic nitrogens is 2. The standard InChI is InChI=1S/C18H20N2O/c1-18(2,3)12-9-10-16(21-4)14(11-12)17-13-7-5-6-8-15(13)19-20-17/h5-11H,1-4H3,(H,19,20). The van der Waals surface area contributed by atoms with Crippen molar-refractivity contribution >= 4 is 10.9 Å². The fourth-order valence-corrected chi connectivity index (χ4v) is 2.53. The highest BCUT2D eigenvalue weighted by atomic mass is 16.5. The van der Waals surface area contributed by atoms with E-state index < -0.39 is 0 Å². The third kappa shape index (κ3) is 2.40. The summed E-state index contributed by atoms with van der Waals surface area (Å²) in [5, 5.41) is 8.70. The molecule has 1 heterocycles. The number of nitrogens with zero attached hydrogens (tertiary/aromatic N) is 1. The number of aromatic amines is 1. The number of rotatable bonds is 2. The Hall–Kier alpha value is -2.29. The van der Waals surface area contributed by atoms with E-state index in [1.807, 2.05) is 24.3 Å². The first kappa shape index (κ1) is 13.7. The summed E-state index contributed by atoms with van der Waals surface area (Å²) in [5.74, 6) is 0.847. The zero-order valence-corrected chi connectivity index (χ0v) is 12.9. The zero-order chi connectivity index (χ0) is 15.0. The van der Waals surface area contributed by atoms with Gasteiger partial charge in [0.1, 0.15) is 11.4 Å². The molecule has 1 aromatic heterocycles. The lowest BCUT2D eigenvalue weighted by atomic mass is 9.85. The molecule has 3 heteroatoms. The molecule has 0 bridgehead atoms. The molecule has 3 aromatic rings. The lowest BCUT2D eigenvalue weighted by Gasteiger charge is -2.20. The zero-order valence-electron chi connectivity index (χ0n) is 12.9. The first-order chi connectivity index (χ1) is 10.0. The first-order valence-corrected chi connectivity index (χ1v) is 7.12. The normalized spacial score (nSPS) is 11.8. The molecule has 3 rings (SSSR count). The van der Waals surface area contributed by atoms with Crippen molar-refractivity contribution in [3.63, 3.8) is 0 Å². The van der Waals surface area contributed by atoms with Crippen LogP contribution in [0.2, 0.25) is 0 Å². The predicted molar refractivity (Wildman–Crippen MR) is 86.8 cm³/mol. The van der Waals surface area contributed by atoms with E-state index in [0.717, 1.165) is 27.9 Å². The smallest absolute Gasteiger partial charge is 0.128 e. The van der Waals surface area contributed by atoms with Crippen LogP contribution in [0.4, 0.5) is 0 Å². The summed E-state index contributed by atoms with van der Waals surface area (Å²) in [6.07, 6.45) is 0. The highest BCUT2D eigenvalue weighted by Gasteiger charge is 2.18. The van der Waals surface area contributed by atoms with Crippen LogP contribution < -0.4 is 4.74 Å². The molecular weight excluding hydrogens is 260 g/mol. The molecule has 2 aromatic carbocycles. The van der Waals surface area contributed by atoms with Crippen LogP contribution in [0.3, 0.4) is 0 Å². The molecule has 0 aliphatic heterocycles. The van der Waals surface area contributed by atoms with Gasteiger partial charge < -0.3 is 4.74 Å². The molecule has 0 aliphatic carbocycles. The van der Waals surface area contributed by atoms with E-state index in [0.29, 0.717) is 0 Å². The van der Waals surface area contributed by atoms with Gasteiger partial charge >= 0.3 is 0 Å². The van der Waals surface area contributed by atoms with Gasteiger partial charge in [-0.1, -0.05) is 45.0 Å². The molecule has 1 N–H and O–H groups in total. The minimum absolute atomic E-state index is 0.0904. The summed E-state index contributed by atoms with van der Waals surface area (Å²) in [6, 6.07) is 14.5. The number of hydrogen-bond acceptors (Lipinski definition) is 2. The van der Waals surface area contributed by atoms with Crippen molar-refractivity contribution in [2.24, 2.45) is 0 Å². The van der Waals surface area contributed by atoms with Gasteiger partial charge in [0.05, 0.1) is 12.6 Å². The van der Waals surface area contributed by atoms with E-state index >= 15 is 0 Å². The molecule has 0 saturated heterocycles. The summed E-state index contributed by atoms with van der Waals surface area (Å²) in [6.45, 7) is 6.63. The Balaban J connectivity index is 2.25. The maximum atomic E-state index is 5.53. The predicted octanol–water partition coefficient (Wildman–Crippen LogP) is 4.54. The third-order valence-electron chi connectivity index (χ3n) is 3.79. The van der Waals surface area contributed by atoms with Crippen molar-refractivity contribution < 1.29 is 4.74 Å². The maximum absolute atomic E-state index is 5.53. The number of hydrogen-bond donors (Lipinski definition) is 1. The first-order valence-electron chi connectivity index (χ1n) is 7.12. The van der Waals surface area contributed by atoms with Crippen molar-refractivity contribution in [2.75, 3.05) is 7.11 Å². The molecule has 108 valence electrons. The largest absolute Gasteiger partial charge is 0.496 e. The molecule has 0 radical (unpaired) electrons. The van der Waals surface area contributed by atoms with Gasteiger partial charge in [-0.3, -0.25) is 5.10 Å². The Morgan fingerprint density at radius 2 is 1.81 bits per heavy atom. The number of fused-ring (bicyclic) bond motifs is 1. The molecule has 0 aliphatic rings. The van der Waals surface area contributed by atoms with Crippen LogP contribution in [0.5, 0.6) is 5.75 Å². The van der Waals surface area contributed by atoms with Crippen molar-refractivity contribution in [1.82, 2.24) is 10.2 Å². The molecule has 0 amide bonds. The van der Waals surface area contributed by atoms with Crippen LogP contribution in [0.1, 0.15) is 26.3 Å². The Morgan fingerprint density at radius 3 is 2.52 bits per heavy atom. The van der Waals surface area contributed by atoms with Crippen LogP contribution in [0.15, 0.2) is 42.5 Å². The van der Waals surface area contributed by atoms with Gasteiger partial charge in [0.25, 0.3) is 0 Å². The molecule has 0 fully saturated rings. The summed E-state index contributed by atoms with van der Waals surface area (Å²) >= 11 is 0. The van der Waals surface area contributed by atoms with Crippen LogP contribution in [0.25, 0.3) is 22.2 Å². The fraction of sp³-hybridized carbons (Fsp3) is 0.278. The summed E-state index contributed by atoms with van der Waals surface area (Å²) in [5.41, 5.74) is 4.37. The topological polar surface area (TPSA) is 37.9 Å². The average molecular weight is 280 g/mol. The SMILES string of the molecule is COc1ccc(C(C)(C)C)cc1-c1n[nH]c2ccccc12. The maximum Gasteiger partial charge on any atom is 0.128 e.